The van der Waals surface area contributed by atoms with E-state index in [2.05, 4.69) is 37.3 Å². The number of hydrogen-bond donors (Lipinski definition) is 3. The molecule has 3 nitrogen and oxygen atoms in total. The van der Waals surface area contributed by atoms with Gasteiger partial charge >= 0.3 is 0 Å². The summed E-state index contributed by atoms with van der Waals surface area (Å²) in [7, 11) is 0. The fourth-order valence-electron chi connectivity index (χ4n) is 4.87. The first-order valence-electron chi connectivity index (χ1n) is 10.6. The summed E-state index contributed by atoms with van der Waals surface area (Å²) >= 11 is 0. The number of allylic oxidation sites excluding steroid dienone is 2. The lowest BCUT2D eigenvalue weighted by Crippen LogP contribution is -2.18. The highest BCUT2D eigenvalue weighted by Gasteiger charge is 2.43. The molecule has 3 rings (SSSR count). The van der Waals surface area contributed by atoms with E-state index in [-0.39, 0.29) is 12.0 Å². The minimum Gasteiger partial charge on any atom is -0.392 e. The lowest BCUT2D eigenvalue weighted by Gasteiger charge is -2.19. The van der Waals surface area contributed by atoms with E-state index in [4.69, 9.17) is 5.73 Å². The quantitative estimate of drug-likeness (QED) is 0.457. The number of unbranched alkanes of at least 4 members (excludes halogenated alkanes) is 2. The van der Waals surface area contributed by atoms with Gasteiger partial charge < -0.3 is 15.9 Å². The Morgan fingerprint density at radius 1 is 1.26 bits per heavy atom. The van der Waals surface area contributed by atoms with Gasteiger partial charge in [0.2, 0.25) is 0 Å². The largest absolute Gasteiger partial charge is 0.392 e. The molecular formula is C24H35NO2. The van der Waals surface area contributed by atoms with Gasteiger partial charge in [-0.1, -0.05) is 60.1 Å². The van der Waals surface area contributed by atoms with E-state index in [1.807, 2.05) is 12.1 Å². The summed E-state index contributed by atoms with van der Waals surface area (Å²) in [6.45, 7) is 2.86. The maximum absolute atomic E-state index is 10.5. The molecule has 0 aromatic heterocycles. The van der Waals surface area contributed by atoms with Crippen LogP contribution in [0.5, 0.6) is 0 Å². The van der Waals surface area contributed by atoms with Gasteiger partial charge in [-0.25, -0.2) is 0 Å². The number of aryl methyl sites for hydroxylation is 1. The van der Waals surface area contributed by atoms with E-state index in [9.17, 15) is 10.2 Å². The van der Waals surface area contributed by atoms with Crippen LogP contribution in [0.25, 0.3) is 0 Å². The highest BCUT2D eigenvalue weighted by molar-refractivity contribution is 5.24. The molecule has 1 saturated carbocycles. The van der Waals surface area contributed by atoms with E-state index in [1.54, 1.807) is 5.57 Å². The molecule has 0 bridgehead atoms. The van der Waals surface area contributed by atoms with Crippen molar-refractivity contribution in [1.82, 2.24) is 0 Å². The van der Waals surface area contributed by atoms with Crippen molar-refractivity contribution in [3.63, 3.8) is 0 Å². The standard InChI is InChI=1S/C24H35NO2/c1-17-6-5-8-18(12-17)14-21(26)9-10-22-23-15-19(7-3-2-4-11-25)13-20(23)16-24(22)27/h5-6,8-10,12-13,20-24,26-27H,2-4,7,11,14-16,25H2,1H3/t20-,21+,22+,23-,24+/m0/s1. The van der Waals surface area contributed by atoms with Gasteiger partial charge in [-0.05, 0) is 63.0 Å². The molecule has 0 saturated heterocycles. The molecular weight excluding hydrogens is 334 g/mol. The molecule has 4 N–H and O–H groups in total. The second-order valence-electron chi connectivity index (χ2n) is 8.48. The normalized spacial score (nSPS) is 28.5. The van der Waals surface area contributed by atoms with Gasteiger partial charge in [0.1, 0.15) is 0 Å². The molecule has 0 spiro atoms. The first-order valence-corrected chi connectivity index (χ1v) is 10.6. The number of nitrogens with two attached hydrogens (primary N) is 1. The van der Waals surface area contributed by atoms with Crippen LogP contribution in [0.3, 0.4) is 0 Å². The van der Waals surface area contributed by atoms with Gasteiger partial charge in [-0.3, -0.25) is 0 Å². The average molecular weight is 370 g/mol. The first kappa shape index (κ1) is 20.3. The van der Waals surface area contributed by atoms with Crippen LogP contribution in [-0.2, 0) is 6.42 Å². The second kappa shape index (κ2) is 9.68. The number of benzene rings is 1. The average Bonchev–Trinajstić information content (AvgIpc) is 3.13. The van der Waals surface area contributed by atoms with Crippen molar-refractivity contribution in [2.75, 3.05) is 6.54 Å². The number of rotatable bonds is 9. The molecule has 2 aliphatic rings. The zero-order valence-corrected chi connectivity index (χ0v) is 16.6. The fraction of sp³-hybridized carbons (Fsp3) is 0.583. The van der Waals surface area contributed by atoms with Crippen molar-refractivity contribution in [1.29, 1.82) is 0 Å². The molecule has 3 heteroatoms. The van der Waals surface area contributed by atoms with Crippen molar-refractivity contribution >= 4 is 0 Å². The predicted octanol–water partition coefficient (Wildman–Crippen LogP) is 3.92. The molecule has 27 heavy (non-hydrogen) atoms. The van der Waals surface area contributed by atoms with E-state index < -0.39 is 6.10 Å². The molecule has 0 aliphatic heterocycles. The predicted molar refractivity (Wildman–Crippen MR) is 111 cm³/mol. The number of aliphatic hydroxyl groups excluding tert-OH is 2. The van der Waals surface area contributed by atoms with Gasteiger partial charge in [0.15, 0.2) is 0 Å². The molecule has 0 radical (unpaired) electrons. The van der Waals surface area contributed by atoms with Gasteiger partial charge in [-0.2, -0.15) is 0 Å². The van der Waals surface area contributed by atoms with Crippen LogP contribution in [0.1, 0.15) is 49.7 Å². The molecule has 5 atom stereocenters. The second-order valence-corrected chi connectivity index (χ2v) is 8.48. The van der Waals surface area contributed by atoms with Crippen LogP contribution >= 0.6 is 0 Å². The van der Waals surface area contributed by atoms with Crippen LogP contribution in [0.2, 0.25) is 0 Å². The van der Waals surface area contributed by atoms with Gasteiger partial charge in [-0.15, -0.1) is 0 Å². The van der Waals surface area contributed by atoms with Crippen molar-refractivity contribution in [2.45, 2.75) is 64.1 Å². The van der Waals surface area contributed by atoms with Crippen molar-refractivity contribution in [2.24, 2.45) is 23.5 Å². The van der Waals surface area contributed by atoms with Crippen LogP contribution in [0.4, 0.5) is 0 Å². The Kier molecular flexibility index (Phi) is 7.28. The Morgan fingerprint density at radius 3 is 2.89 bits per heavy atom. The third-order valence-corrected chi connectivity index (χ3v) is 6.23. The summed E-state index contributed by atoms with van der Waals surface area (Å²) in [4.78, 5) is 0. The summed E-state index contributed by atoms with van der Waals surface area (Å²) in [5.41, 5.74) is 9.51. The molecule has 1 fully saturated rings. The Labute approximate surface area is 164 Å². The maximum atomic E-state index is 10.5. The van der Waals surface area contributed by atoms with E-state index in [0.29, 0.717) is 18.3 Å². The highest BCUT2D eigenvalue weighted by atomic mass is 16.3. The number of aliphatic hydroxyl groups is 2. The van der Waals surface area contributed by atoms with Crippen LogP contribution in [0, 0.1) is 24.7 Å². The molecule has 2 aliphatic carbocycles. The Morgan fingerprint density at radius 2 is 2.11 bits per heavy atom. The topological polar surface area (TPSA) is 66.5 Å². The van der Waals surface area contributed by atoms with Gasteiger partial charge in [0.05, 0.1) is 12.2 Å². The summed E-state index contributed by atoms with van der Waals surface area (Å²) in [6.07, 6.45) is 12.9. The lowest BCUT2D eigenvalue weighted by molar-refractivity contribution is 0.140. The zero-order valence-electron chi connectivity index (χ0n) is 16.6. The molecule has 0 amide bonds. The van der Waals surface area contributed by atoms with E-state index >= 15 is 0 Å². The van der Waals surface area contributed by atoms with Gasteiger partial charge in [0.25, 0.3) is 0 Å². The monoisotopic (exact) mass is 369 g/mol. The van der Waals surface area contributed by atoms with Crippen molar-refractivity contribution in [3.8, 4) is 0 Å². The highest BCUT2D eigenvalue weighted by Crippen LogP contribution is 2.48. The molecule has 1 aromatic carbocycles. The Hall–Kier alpha value is -1.42. The van der Waals surface area contributed by atoms with Gasteiger partial charge in [0, 0.05) is 12.3 Å². The minimum absolute atomic E-state index is 0.167. The molecule has 1 aromatic rings. The Bertz CT molecular complexity index is 666. The summed E-state index contributed by atoms with van der Waals surface area (Å²) < 4.78 is 0. The van der Waals surface area contributed by atoms with E-state index in [1.165, 1.54) is 24.8 Å². The summed E-state index contributed by atoms with van der Waals surface area (Å²) in [5, 5.41) is 20.9. The third kappa shape index (κ3) is 5.54. The number of fused-ring (bicyclic) bond motifs is 1. The molecule has 0 unspecified atom stereocenters. The smallest absolute Gasteiger partial charge is 0.0761 e. The Balaban J connectivity index is 1.52. The van der Waals surface area contributed by atoms with Crippen LogP contribution < -0.4 is 5.73 Å². The molecule has 148 valence electrons. The fourth-order valence-corrected chi connectivity index (χ4v) is 4.87. The van der Waals surface area contributed by atoms with Crippen molar-refractivity contribution < 1.29 is 10.2 Å². The SMILES string of the molecule is Cc1cccc(C[C@H](O)C=C[C@@H]2[C@H]3CC(CCCCCN)=C[C@H]3C[C@H]2O)c1. The van der Waals surface area contributed by atoms with Crippen LogP contribution in [-0.4, -0.2) is 29.0 Å². The van der Waals surface area contributed by atoms with Crippen molar-refractivity contribution in [3.05, 3.63) is 59.2 Å². The lowest BCUT2D eigenvalue weighted by atomic mass is 9.88. The minimum atomic E-state index is -0.497. The summed E-state index contributed by atoms with van der Waals surface area (Å²) in [5.74, 6) is 1.18. The van der Waals surface area contributed by atoms with Crippen LogP contribution in [0.15, 0.2) is 48.1 Å². The third-order valence-electron chi connectivity index (χ3n) is 6.23. The molecule has 0 heterocycles. The number of hydrogen-bond acceptors (Lipinski definition) is 3. The van der Waals surface area contributed by atoms with E-state index in [0.717, 1.165) is 31.4 Å². The zero-order chi connectivity index (χ0) is 19.2. The first-order chi connectivity index (χ1) is 13.1. The summed E-state index contributed by atoms with van der Waals surface area (Å²) in [6, 6.07) is 8.28. The maximum Gasteiger partial charge on any atom is 0.0761 e.